The van der Waals surface area contributed by atoms with Crippen LogP contribution >= 0.6 is 0 Å². The lowest BCUT2D eigenvalue weighted by molar-refractivity contribution is 0.660. The largest absolute Gasteiger partial charge is 0.456 e. The van der Waals surface area contributed by atoms with Crippen molar-refractivity contribution in [2.75, 3.05) is 0 Å². The van der Waals surface area contributed by atoms with Gasteiger partial charge in [-0.05, 0) is 117 Å². The fourth-order valence-corrected chi connectivity index (χ4v) is 10.8. The van der Waals surface area contributed by atoms with E-state index in [1.807, 2.05) is 42.5 Å². The first-order valence-electron chi connectivity index (χ1n) is 21.8. The number of fused-ring (bicyclic) bond motifs is 12. The molecule has 0 saturated heterocycles. The van der Waals surface area contributed by atoms with E-state index in [1.165, 1.54) is 44.5 Å². The summed E-state index contributed by atoms with van der Waals surface area (Å²) in [4.78, 5) is 15.9. The van der Waals surface area contributed by atoms with Crippen molar-refractivity contribution in [2.24, 2.45) is 0 Å². The molecule has 3 heterocycles. The highest BCUT2D eigenvalue weighted by Gasteiger charge is 2.37. The maximum atomic E-state index is 10.1. The van der Waals surface area contributed by atoms with Crippen molar-refractivity contribution in [3.8, 4) is 68.2 Å². The van der Waals surface area contributed by atoms with Crippen LogP contribution in [0.4, 0.5) is 0 Å². The smallest absolute Gasteiger partial charge is 0.164 e. The van der Waals surface area contributed by atoms with Gasteiger partial charge < -0.3 is 8.98 Å². The van der Waals surface area contributed by atoms with Crippen LogP contribution in [0, 0.1) is 11.3 Å². The number of benzene rings is 8. The minimum absolute atomic E-state index is 0.183. The minimum Gasteiger partial charge on any atom is -0.456 e. The third-order valence-electron chi connectivity index (χ3n) is 14.1. The number of nitriles is 1. The van der Waals surface area contributed by atoms with E-state index in [9.17, 15) is 5.26 Å². The number of aromatic nitrogens is 4. The molecule has 0 aliphatic heterocycles. The predicted octanol–water partition coefficient (Wildman–Crippen LogP) is 14.4. The van der Waals surface area contributed by atoms with Gasteiger partial charge in [-0.15, -0.1) is 0 Å². The van der Waals surface area contributed by atoms with E-state index < -0.39 is 0 Å². The molecule has 0 bridgehead atoms. The van der Waals surface area contributed by atoms with E-state index >= 15 is 0 Å². The van der Waals surface area contributed by atoms with Crippen molar-refractivity contribution in [2.45, 2.75) is 38.5 Å². The van der Waals surface area contributed by atoms with Crippen molar-refractivity contribution in [3.63, 3.8) is 0 Å². The molecule has 6 nitrogen and oxygen atoms in total. The van der Waals surface area contributed by atoms with Crippen molar-refractivity contribution in [3.05, 3.63) is 192 Å². The van der Waals surface area contributed by atoms with Gasteiger partial charge in [0.25, 0.3) is 0 Å². The van der Waals surface area contributed by atoms with Gasteiger partial charge in [0, 0.05) is 54.8 Å². The summed E-state index contributed by atoms with van der Waals surface area (Å²) in [5.74, 6) is 1.82. The average Bonchev–Trinajstić information content (AvgIpc) is 4.01. The summed E-state index contributed by atoms with van der Waals surface area (Å²) in [5.41, 5.74) is 17.9. The lowest BCUT2D eigenvalue weighted by Gasteiger charge is -2.22. The van der Waals surface area contributed by atoms with Gasteiger partial charge in [0.15, 0.2) is 17.5 Å². The Bertz CT molecular complexity index is 3750. The van der Waals surface area contributed by atoms with E-state index in [4.69, 9.17) is 19.4 Å². The Balaban J connectivity index is 1.02. The second kappa shape index (κ2) is 12.9. The summed E-state index contributed by atoms with van der Waals surface area (Å²) in [6.45, 7) is 9.20. The molecule has 6 heteroatoms. The maximum Gasteiger partial charge on any atom is 0.164 e. The van der Waals surface area contributed by atoms with Crippen LogP contribution in [0.2, 0.25) is 0 Å². The number of hydrogen-bond acceptors (Lipinski definition) is 5. The molecule has 11 aromatic rings. The average molecular weight is 822 g/mol. The van der Waals surface area contributed by atoms with Crippen LogP contribution in [-0.2, 0) is 10.8 Å². The predicted molar refractivity (Wildman–Crippen MR) is 258 cm³/mol. The van der Waals surface area contributed by atoms with Gasteiger partial charge in [-0.1, -0.05) is 119 Å². The molecule has 8 aromatic carbocycles. The molecule has 0 N–H and O–H groups in total. The Morgan fingerprint density at radius 1 is 0.438 bits per heavy atom. The van der Waals surface area contributed by atoms with Gasteiger partial charge in [-0.2, -0.15) is 5.26 Å². The van der Waals surface area contributed by atoms with Crippen molar-refractivity contribution >= 4 is 43.7 Å². The van der Waals surface area contributed by atoms with Crippen LogP contribution in [0.15, 0.2) is 168 Å². The first-order chi connectivity index (χ1) is 31.2. The van der Waals surface area contributed by atoms with E-state index in [1.54, 1.807) is 0 Å². The molecule has 64 heavy (non-hydrogen) atoms. The van der Waals surface area contributed by atoms with Gasteiger partial charge in [0.1, 0.15) is 11.2 Å². The lowest BCUT2D eigenvalue weighted by Crippen LogP contribution is -2.15. The molecule has 302 valence electrons. The molecule has 0 unspecified atom stereocenters. The zero-order valence-corrected chi connectivity index (χ0v) is 35.7. The molecule has 0 atom stereocenters. The Hall–Kier alpha value is -8.14. The number of nitrogens with zero attached hydrogens (tertiary/aromatic N) is 5. The molecule has 13 rings (SSSR count). The summed E-state index contributed by atoms with van der Waals surface area (Å²) < 4.78 is 8.48. The van der Waals surface area contributed by atoms with E-state index in [2.05, 4.69) is 160 Å². The molecule has 0 radical (unpaired) electrons. The molecule has 3 aromatic heterocycles. The van der Waals surface area contributed by atoms with Crippen molar-refractivity contribution < 1.29 is 4.42 Å². The van der Waals surface area contributed by atoms with Crippen LogP contribution in [-0.4, -0.2) is 19.5 Å². The van der Waals surface area contributed by atoms with Gasteiger partial charge in [0.2, 0.25) is 0 Å². The highest BCUT2D eigenvalue weighted by molar-refractivity contribution is 6.12. The monoisotopic (exact) mass is 821 g/mol. The highest BCUT2D eigenvalue weighted by atomic mass is 16.3. The normalized spacial score (nSPS) is 14.2. The zero-order valence-electron chi connectivity index (χ0n) is 35.7. The van der Waals surface area contributed by atoms with Crippen LogP contribution < -0.4 is 0 Å². The lowest BCUT2D eigenvalue weighted by atomic mass is 9.82. The topological polar surface area (TPSA) is 80.5 Å². The number of para-hydroxylation sites is 1. The molecule has 0 saturated carbocycles. The second-order valence-corrected chi connectivity index (χ2v) is 18.4. The van der Waals surface area contributed by atoms with Gasteiger partial charge >= 0.3 is 0 Å². The summed E-state index contributed by atoms with van der Waals surface area (Å²) in [6, 6.07) is 60.0. The Kier molecular flexibility index (Phi) is 7.39. The minimum atomic E-state index is -0.183. The van der Waals surface area contributed by atoms with Crippen LogP contribution in [0.3, 0.4) is 0 Å². The van der Waals surface area contributed by atoms with Crippen LogP contribution in [0.5, 0.6) is 0 Å². The molecular formula is C58H39N5O. The third-order valence-corrected chi connectivity index (χ3v) is 14.1. The molecular weight excluding hydrogens is 783 g/mol. The van der Waals surface area contributed by atoms with E-state index in [0.717, 1.165) is 66.1 Å². The second-order valence-electron chi connectivity index (χ2n) is 18.4. The molecule has 2 aliphatic carbocycles. The standard InChI is InChI=1S/C58H39N5O/c1-57(2)46-14-8-5-11-38(46)40-22-18-35(29-48(40)57)55-60-54(61-56(62-55)36-19-23-41-39-12-6-9-15-47(39)58(3,4)49(41)30-36)34-20-25-51-44(28-34)43-27-33(32-59)17-24-50(43)63(51)37-21-26-53-45(31-37)42-13-7-10-16-52(42)64-53/h5-31H,1-4H3. The summed E-state index contributed by atoms with van der Waals surface area (Å²) in [5, 5.41) is 14.2. The Morgan fingerprint density at radius 3 is 1.56 bits per heavy atom. The first-order valence-corrected chi connectivity index (χ1v) is 21.8. The summed E-state index contributed by atoms with van der Waals surface area (Å²) in [6.07, 6.45) is 0. The van der Waals surface area contributed by atoms with E-state index in [0.29, 0.717) is 23.0 Å². The summed E-state index contributed by atoms with van der Waals surface area (Å²) >= 11 is 0. The van der Waals surface area contributed by atoms with Crippen molar-refractivity contribution in [1.29, 1.82) is 5.26 Å². The Morgan fingerprint density at radius 2 is 0.938 bits per heavy atom. The fraction of sp³-hybridized carbons (Fsp3) is 0.103. The zero-order chi connectivity index (χ0) is 43.1. The summed E-state index contributed by atoms with van der Waals surface area (Å²) in [7, 11) is 0. The highest BCUT2D eigenvalue weighted by Crippen LogP contribution is 2.51. The SMILES string of the molecule is CC1(C)c2ccccc2-c2ccc(-c3nc(-c4ccc5c(c4)C(C)(C)c4ccccc4-5)nc(-c4ccc5c(c4)c4cc(C#N)ccc4n5-c4ccc5oc6ccccc6c5c4)n3)cc21. The molecule has 0 fully saturated rings. The molecule has 0 spiro atoms. The third kappa shape index (κ3) is 5.10. The first kappa shape index (κ1) is 36.5. The van der Waals surface area contributed by atoms with Gasteiger partial charge in [-0.3, -0.25) is 0 Å². The Labute approximate surface area is 369 Å². The molecule has 2 aliphatic rings. The van der Waals surface area contributed by atoms with Crippen molar-refractivity contribution in [1.82, 2.24) is 19.5 Å². The van der Waals surface area contributed by atoms with Gasteiger partial charge in [-0.25, -0.2) is 15.0 Å². The van der Waals surface area contributed by atoms with Crippen LogP contribution in [0.1, 0.15) is 55.5 Å². The molecule has 0 amide bonds. The number of rotatable bonds is 4. The maximum absolute atomic E-state index is 10.1. The van der Waals surface area contributed by atoms with Gasteiger partial charge in [0.05, 0.1) is 22.7 Å². The fourth-order valence-electron chi connectivity index (χ4n) is 10.8. The quantitative estimate of drug-likeness (QED) is 0.177. The number of furan rings is 1. The van der Waals surface area contributed by atoms with E-state index in [-0.39, 0.29) is 10.8 Å². The number of hydrogen-bond donors (Lipinski definition) is 0. The van der Waals surface area contributed by atoms with Crippen LogP contribution in [0.25, 0.3) is 106 Å².